The highest BCUT2D eigenvalue weighted by atomic mass is 32.2. The van der Waals surface area contributed by atoms with E-state index in [2.05, 4.69) is 10.3 Å². The van der Waals surface area contributed by atoms with Crippen molar-refractivity contribution < 1.29 is 13.2 Å². The summed E-state index contributed by atoms with van der Waals surface area (Å²) in [5.41, 5.74) is 1.84. The van der Waals surface area contributed by atoms with Crippen molar-refractivity contribution in [3.05, 3.63) is 59.9 Å². The second-order valence-electron chi connectivity index (χ2n) is 6.08. The molecule has 0 aliphatic rings. The van der Waals surface area contributed by atoms with Gasteiger partial charge in [0.2, 0.25) is 0 Å². The zero-order chi connectivity index (χ0) is 18.6. The van der Waals surface area contributed by atoms with E-state index in [1.807, 2.05) is 26.0 Å². The van der Waals surface area contributed by atoms with Crippen LogP contribution in [0.15, 0.2) is 53.7 Å². The summed E-state index contributed by atoms with van der Waals surface area (Å²) in [5.74, 6) is 0. The van der Waals surface area contributed by atoms with Crippen LogP contribution in [0.1, 0.15) is 37.1 Å². The highest BCUT2D eigenvalue weighted by molar-refractivity contribution is 7.90. The van der Waals surface area contributed by atoms with Crippen LogP contribution in [0, 0.1) is 0 Å². The molecule has 2 rings (SSSR count). The van der Waals surface area contributed by atoms with Crippen molar-refractivity contribution in [3.63, 3.8) is 0 Å². The number of hydrogen-bond acceptors (Lipinski definition) is 4. The van der Waals surface area contributed by atoms with Crippen LogP contribution >= 0.6 is 0 Å². The number of aromatic nitrogens is 1. The molecule has 2 atom stereocenters. The molecule has 2 unspecified atom stereocenters. The van der Waals surface area contributed by atoms with Crippen LogP contribution in [0.5, 0.6) is 0 Å². The van der Waals surface area contributed by atoms with Crippen LogP contribution in [-0.4, -0.2) is 37.6 Å². The number of nitrogens with one attached hydrogen (secondary N) is 1. The Bertz CT molecular complexity index is 820. The summed E-state index contributed by atoms with van der Waals surface area (Å²) in [6.07, 6.45) is 4.55. The third-order valence-electron chi connectivity index (χ3n) is 4.24. The van der Waals surface area contributed by atoms with Crippen LogP contribution in [0.3, 0.4) is 0 Å². The number of benzene rings is 1. The molecule has 2 aromatic rings. The molecule has 0 aliphatic carbocycles. The lowest BCUT2D eigenvalue weighted by molar-refractivity contribution is 0.191. The van der Waals surface area contributed by atoms with E-state index in [1.54, 1.807) is 48.6 Å². The minimum absolute atomic E-state index is 0.141. The minimum atomic E-state index is -3.23. The van der Waals surface area contributed by atoms with E-state index in [0.717, 1.165) is 11.1 Å². The molecular formula is C18H23N3O3S. The first kappa shape index (κ1) is 18.9. The maximum atomic E-state index is 12.5. The summed E-state index contributed by atoms with van der Waals surface area (Å²) in [6, 6.07) is 9.77. The van der Waals surface area contributed by atoms with Crippen molar-refractivity contribution >= 4 is 15.9 Å². The van der Waals surface area contributed by atoms with Gasteiger partial charge in [-0.1, -0.05) is 12.1 Å². The highest BCUT2D eigenvalue weighted by Gasteiger charge is 2.20. The fourth-order valence-electron chi connectivity index (χ4n) is 2.42. The van der Waals surface area contributed by atoms with Gasteiger partial charge in [0, 0.05) is 25.7 Å². The molecule has 1 aromatic heterocycles. The summed E-state index contributed by atoms with van der Waals surface area (Å²) >= 11 is 0. The fourth-order valence-corrected chi connectivity index (χ4v) is 3.05. The Kier molecular flexibility index (Phi) is 5.79. The van der Waals surface area contributed by atoms with Crippen LogP contribution in [0.2, 0.25) is 0 Å². The number of hydrogen-bond donors (Lipinski definition) is 1. The van der Waals surface area contributed by atoms with Gasteiger partial charge in [0.05, 0.1) is 17.0 Å². The molecule has 6 nitrogen and oxygen atoms in total. The van der Waals surface area contributed by atoms with Crippen LogP contribution in [0.4, 0.5) is 4.79 Å². The molecule has 7 heteroatoms. The Morgan fingerprint density at radius 1 is 1.04 bits per heavy atom. The smallest absolute Gasteiger partial charge is 0.318 e. The first-order valence-corrected chi connectivity index (χ1v) is 9.82. The van der Waals surface area contributed by atoms with E-state index in [-0.39, 0.29) is 23.0 Å². The van der Waals surface area contributed by atoms with E-state index >= 15 is 0 Å². The van der Waals surface area contributed by atoms with Crippen molar-refractivity contribution in [2.24, 2.45) is 0 Å². The zero-order valence-electron chi connectivity index (χ0n) is 14.8. The second kappa shape index (κ2) is 7.65. The third kappa shape index (κ3) is 4.79. The normalized spacial score (nSPS) is 13.8. The van der Waals surface area contributed by atoms with Gasteiger partial charge in [-0.3, -0.25) is 4.98 Å². The molecule has 0 saturated heterocycles. The summed E-state index contributed by atoms with van der Waals surface area (Å²) < 4.78 is 23.1. The first-order valence-electron chi connectivity index (χ1n) is 7.93. The van der Waals surface area contributed by atoms with Gasteiger partial charge in [-0.05, 0) is 49.2 Å². The number of amides is 2. The van der Waals surface area contributed by atoms with Crippen LogP contribution in [-0.2, 0) is 9.84 Å². The topological polar surface area (TPSA) is 79.4 Å². The highest BCUT2D eigenvalue weighted by Crippen LogP contribution is 2.21. The lowest BCUT2D eigenvalue weighted by Gasteiger charge is -2.27. The molecule has 1 heterocycles. The van der Waals surface area contributed by atoms with Crippen molar-refractivity contribution in [1.29, 1.82) is 0 Å². The van der Waals surface area contributed by atoms with Crippen LogP contribution < -0.4 is 5.32 Å². The summed E-state index contributed by atoms with van der Waals surface area (Å²) in [4.78, 5) is 18.3. The average molecular weight is 361 g/mol. The van der Waals surface area contributed by atoms with Crippen molar-refractivity contribution in [1.82, 2.24) is 15.2 Å². The number of carbonyl (C=O) groups is 1. The molecule has 1 aromatic carbocycles. The van der Waals surface area contributed by atoms with Gasteiger partial charge in [0.25, 0.3) is 0 Å². The molecule has 0 bridgehead atoms. The number of pyridine rings is 1. The predicted octanol–water partition coefficient (Wildman–Crippen LogP) is 2.95. The van der Waals surface area contributed by atoms with Gasteiger partial charge in [-0.2, -0.15) is 0 Å². The van der Waals surface area contributed by atoms with E-state index in [0.29, 0.717) is 0 Å². The van der Waals surface area contributed by atoms with Crippen molar-refractivity contribution in [3.8, 4) is 0 Å². The zero-order valence-corrected chi connectivity index (χ0v) is 15.6. The Hall–Kier alpha value is -2.41. The van der Waals surface area contributed by atoms with Gasteiger partial charge in [-0.15, -0.1) is 0 Å². The minimum Gasteiger partial charge on any atom is -0.331 e. The van der Waals surface area contributed by atoms with E-state index in [4.69, 9.17) is 0 Å². The lowest BCUT2D eigenvalue weighted by atomic mass is 10.1. The third-order valence-corrected chi connectivity index (χ3v) is 5.37. The molecule has 0 spiro atoms. The quantitative estimate of drug-likeness (QED) is 0.888. The SMILES string of the molecule is CC(NC(=O)N(C)C(C)c1ccc(S(C)(=O)=O)cc1)c1ccncc1. The van der Waals surface area contributed by atoms with Gasteiger partial charge in [0.15, 0.2) is 9.84 Å². The second-order valence-corrected chi connectivity index (χ2v) is 8.10. The Morgan fingerprint density at radius 3 is 2.12 bits per heavy atom. The van der Waals surface area contributed by atoms with Gasteiger partial charge in [0.1, 0.15) is 0 Å². The molecule has 2 amide bonds. The van der Waals surface area contributed by atoms with Crippen LogP contribution in [0.25, 0.3) is 0 Å². The summed E-state index contributed by atoms with van der Waals surface area (Å²) in [7, 11) is -1.51. The number of carbonyl (C=O) groups excluding carboxylic acids is 1. The predicted molar refractivity (Wildman–Crippen MR) is 96.9 cm³/mol. The van der Waals surface area contributed by atoms with Crippen molar-refractivity contribution in [2.75, 3.05) is 13.3 Å². The Labute approximate surface area is 148 Å². The standard InChI is InChI=1S/C18H23N3O3S/c1-13(15-9-11-19-12-10-15)20-18(22)21(3)14(2)16-5-7-17(8-6-16)25(4,23)24/h5-14H,1-4H3,(H,20,22). The van der Waals surface area contributed by atoms with E-state index in [1.165, 1.54) is 6.26 Å². The molecule has 134 valence electrons. The largest absolute Gasteiger partial charge is 0.331 e. The number of sulfone groups is 1. The molecule has 0 saturated carbocycles. The fraction of sp³-hybridized carbons (Fsp3) is 0.333. The summed E-state index contributed by atoms with van der Waals surface area (Å²) in [5, 5.41) is 2.95. The Balaban J connectivity index is 2.06. The first-order chi connectivity index (χ1) is 11.7. The number of nitrogens with zero attached hydrogens (tertiary/aromatic N) is 2. The van der Waals surface area contributed by atoms with E-state index in [9.17, 15) is 13.2 Å². The van der Waals surface area contributed by atoms with Gasteiger partial charge in [-0.25, -0.2) is 13.2 Å². The Morgan fingerprint density at radius 2 is 1.60 bits per heavy atom. The van der Waals surface area contributed by atoms with Gasteiger partial charge >= 0.3 is 6.03 Å². The molecule has 0 fully saturated rings. The molecule has 25 heavy (non-hydrogen) atoms. The number of urea groups is 1. The molecular weight excluding hydrogens is 338 g/mol. The van der Waals surface area contributed by atoms with Crippen molar-refractivity contribution in [2.45, 2.75) is 30.8 Å². The monoisotopic (exact) mass is 361 g/mol. The van der Waals surface area contributed by atoms with Gasteiger partial charge < -0.3 is 10.2 Å². The average Bonchev–Trinajstić information content (AvgIpc) is 2.60. The maximum Gasteiger partial charge on any atom is 0.318 e. The lowest BCUT2D eigenvalue weighted by Crippen LogP contribution is -2.39. The summed E-state index contributed by atoms with van der Waals surface area (Å²) in [6.45, 7) is 3.80. The number of rotatable bonds is 5. The molecule has 1 N–H and O–H groups in total. The van der Waals surface area contributed by atoms with E-state index < -0.39 is 9.84 Å². The maximum absolute atomic E-state index is 12.5. The molecule has 0 aliphatic heterocycles. The molecule has 0 radical (unpaired) electrons.